The minimum absolute atomic E-state index is 0.0705. The van der Waals surface area contributed by atoms with Gasteiger partial charge in [-0.05, 0) is 25.7 Å². The van der Waals surface area contributed by atoms with Crippen LogP contribution in [-0.4, -0.2) is 29.7 Å². The lowest BCUT2D eigenvalue weighted by Gasteiger charge is -2.24. The van der Waals surface area contributed by atoms with Crippen molar-refractivity contribution < 1.29 is 8.42 Å². The van der Waals surface area contributed by atoms with Gasteiger partial charge >= 0.3 is 0 Å². The molecule has 1 aromatic heterocycles. The zero-order valence-corrected chi connectivity index (χ0v) is 12.1. The smallest absolute Gasteiger partial charge is 0.152 e. The second-order valence-electron chi connectivity index (χ2n) is 5.96. The van der Waals surface area contributed by atoms with Crippen LogP contribution in [0.1, 0.15) is 43.0 Å². The van der Waals surface area contributed by atoms with Gasteiger partial charge in [-0.25, -0.2) is 13.1 Å². The predicted molar refractivity (Wildman–Crippen MR) is 74.7 cm³/mol. The number of anilines is 1. The van der Waals surface area contributed by atoms with Gasteiger partial charge in [0.1, 0.15) is 5.82 Å². The number of hydrogen-bond acceptors (Lipinski definition) is 4. The van der Waals surface area contributed by atoms with Gasteiger partial charge in [0.2, 0.25) is 0 Å². The SMILES string of the molecule is Cc1c(CC2CCC2)nn(C2CCS(=O)(=O)C2)c1N. The Morgan fingerprint density at radius 3 is 2.63 bits per heavy atom. The minimum Gasteiger partial charge on any atom is -0.384 e. The molecule has 6 heteroatoms. The van der Waals surface area contributed by atoms with Gasteiger partial charge in [-0.1, -0.05) is 19.3 Å². The molecule has 1 saturated heterocycles. The normalized spacial score (nSPS) is 26.5. The van der Waals surface area contributed by atoms with E-state index in [-0.39, 0.29) is 17.5 Å². The number of sulfone groups is 1. The number of nitrogens with zero attached hydrogens (tertiary/aromatic N) is 2. The summed E-state index contributed by atoms with van der Waals surface area (Å²) in [4.78, 5) is 0. The third-order valence-corrected chi connectivity index (χ3v) is 6.30. The average Bonchev–Trinajstić information content (AvgIpc) is 2.77. The van der Waals surface area contributed by atoms with Crippen LogP contribution in [-0.2, 0) is 16.3 Å². The second-order valence-corrected chi connectivity index (χ2v) is 8.19. The average molecular weight is 283 g/mol. The molecular formula is C13H21N3O2S. The van der Waals surface area contributed by atoms with E-state index in [1.165, 1.54) is 19.3 Å². The number of hydrogen-bond donors (Lipinski definition) is 1. The van der Waals surface area contributed by atoms with Crippen molar-refractivity contribution in [1.29, 1.82) is 0 Å². The Bertz CT molecular complexity index is 587. The van der Waals surface area contributed by atoms with Crippen molar-refractivity contribution in [2.75, 3.05) is 17.2 Å². The highest BCUT2D eigenvalue weighted by molar-refractivity contribution is 7.91. The quantitative estimate of drug-likeness (QED) is 0.911. The molecule has 1 aliphatic heterocycles. The molecule has 1 atom stereocenters. The Kier molecular flexibility index (Phi) is 3.08. The van der Waals surface area contributed by atoms with E-state index in [2.05, 4.69) is 5.10 Å². The summed E-state index contributed by atoms with van der Waals surface area (Å²) >= 11 is 0. The van der Waals surface area contributed by atoms with Crippen LogP contribution in [0.5, 0.6) is 0 Å². The fourth-order valence-corrected chi connectivity index (χ4v) is 4.68. The number of nitrogens with two attached hydrogens (primary N) is 1. The van der Waals surface area contributed by atoms with E-state index in [1.807, 2.05) is 6.92 Å². The molecule has 1 saturated carbocycles. The molecule has 0 aromatic carbocycles. The van der Waals surface area contributed by atoms with E-state index >= 15 is 0 Å². The molecule has 2 N–H and O–H groups in total. The van der Waals surface area contributed by atoms with Gasteiger partial charge in [0, 0.05) is 5.56 Å². The molecule has 3 rings (SSSR count). The summed E-state index contributed by atoms with van der Waals surface area (Å²) in [6.07, 6.45) is 5.51. The molecule has 2 fully saturated rings. The summed E-state index contributed by atoms with van der Waals surface area (Å²) in [7, 11) is -2.90. The maximum absolute atomic E-state index is 11.6. The van der Waals surface area contributed by atoms with Crippen molar-refractivity contribution in [3.8, 4) is 0 Å². The number of nitrogen functional groups attached to an aromatic ring is 1. The summed E-state index contributed by atoms with van der Waals surface area (Å²) in [5.41, 5.74) is 8.21. The third-order valence-electron chi connectivity index (χ3n) is 4.55. The summed E-state index contributed by atoms with van der Waals surface area (Å²) in [5.74, 6) is 1.83. The molecule has 0 radical (unpaired) electrons. The zero-order valence-electron chi connectivity index (χ0n) is 11.3. The van der Waals surface area contributed by atoms with Gasteiger partial charge < -0.3 is 5.73 Å². The van der Waals surface area contributed by atoms with Crippen molar-refractivity contribution in [3.63, 3.8) is 0 Å². The van der Waals surface area contributed by atoms with E-state index in [4.69, 9.17) is 5.73 Å². The highest BCUT2D eigenvalue weighted by Crippen LogP contribution is 2.33. The van der Waals surface area contributed by atoms with Crippen LogP contribution < -0.4 is 5.73 Å². The lowest BCUT2D eigenvalue weighted by Crippen LogP contribution is -2.16. The predicted octanol–water partition coefficient (Wildman–Crippen LogP) is 1.48. The van der Waals surface area contributed by atoms with Crippen molar-refractivity contribution in [2.24, 2.45) is 5.92 Å². The van der Waals surface area contributed by atoms with Crippen molar-refractivity contribution in [3.05, 3.63) is 11.3 Å². The van der Waals surface area contributed by atoms with Gasteiger partial charge in [-0.3, -0.25) is 0 Å². The highest BCUT2D eigenvalue weighted by Gasteiger charge is 2.32. The molecule has 1 aliphatic carbocycles. The standard InChI is InChI=1S/C13H21N3O2S/c1-9-12(7-10-3-2-4-10)15-16(13(9)14)11-5-6-19(17,18)8-11/h10-11H,2-8,14H2,1H3. The van der Waals surface area contributed by atoms with Crippen LogP contribution in [0.2, 0.25) is 0 Å². The molecular weight excluding hydrogens is 262 g/mol. The fraction of sp³-hybridized carbons (Fsp3) is 0.769. The summed E-state index contributed by atoms with van der Waals surface area (Å²) in [5, 5.41) is 4.61. The van der Waals surface area contributed by atoms with E-state index < -0.39 is 9.84 Å². The Hall–Kier alpha value is -1.04. The van der Waals surface area contributed by atoms with Crippen molar-refractivity contribution in [2.45, 2.75) is 45.1 Å². The highest BCUT2D eigenvalue weighted by atomic mass is 32.2. The molecule has 0 amide bonds. The Labute approximate surface area is 114 Å². The van der Waals surface area contributed by atoms with Crippen LogP contribution >= 0.6 is 0 Å². The van der Waals surface area contributed by atoms with Crippen LogP contribution in [0.25, 0.3) is 0 Å². The van der Waals surface area contributed by atoms with Gasteiger partial charge in [0.25, 0.3) is 0 Å². The Balaban J connectivity index is 1.83. The largest absolute Gasteiger partial charge is 0.384 e. The van der Waals surface area contributed by atoms with Crippen LogP contribution in [0.4, 0.5) is 5.82 Å². The molecule has 1 aromatic rings. The maximum Gasteiger partial charge on any atom is 0.152 e. The number of aromatic nitrogens is 2. The summed E-state index contributed by atoms with van der Waals surface area (Å²) < 4.78 is 24.9. The third kappa shape index (κ3) is 2.38. The van der Waals surface area contributed by atoms with Gasteiger partial charge in [0.05, 0.1) is 23.2 Å². The Morgan fingerprint density at radius 1 is 1.37 bits per heavy atom. The number of rotatable bonds is 3. The first-order valence-corrected chi connectivity index (χ1v) is 8.82. The summed E-state index contributed by atoms with van der Waals surface area (Å²) in [6.45, 7) is 2.00. The van der Waals surface area contributed by atoms with Gasteiger partial charge in [-0.15, -0.1) is 0 Å². The van der Waals surface area contributed by atoms with Crippen LogP contribution in [0.3, 0.4) is 0 Å². The molecule has 2 heterocycles. The lowest BCUT2D eigenvalue weighted by molar-refractivity contribution is 0.310. The van der Waals surface area contributed by atoms with Crippen molar-refractivity contribution >= 4 is 15.7 Å². The topological polar surface area (TPSA) is 78.0 Å². The first-order valence-electron chi connectivity index (χ1n) is 7.00. The molecule has 5 nitrogen and oxygen atoms in total. The monoisotopic (exact) mass is 283 g/mol. The lowest BCUT2D eigenvalue weighted by atomic mass is 9.82. The minimum atomic E-state index is -2.90. The molecule has 0 bridgehead atoms. The molecule has 2 aliphatic rings. The van der Waals surface area contributed by atoms with E-state index in [1.54, 1.807) is 4.68 Å². The molecule has 106 valence electrons. The zero-order chi connectivity index (χ0) is 13.6. The molecule has 1 unspecified atom stereocenters. The van der Waals surface area contributed by atoms with E-state index in [0.717, 1.165) is 23.6 Å². The first kappa shape index (κ1) is 13.0. The van der Waals surface area contributed by atoms with Crippen LogP contribution in [0, 0.1) is 12.8 Å². The second kappa shape index (κ2) is 4.51. The van der Waals surface area contributed by atoms with Crippen LogP contribution in [0.15, 0.2) is 0 Å². The van der Waals surface area contributed by atoms with E-state index in [9.17, 15) is 8.42 Å². The molecule has 0 spiro atoms. The van der Waals surface area contributed by atoms with E-state index in [0.29, 0.717) is 12.2 Å². The van der Waals surface area contributed by atoms with Gasteiger partial charge in [0.15, 0.2) is 9.84 Å². The fourth-order valence-electron chi connectivity index (χ4n) is 2.99. The Morgan fingerprint density at radius 2 is 2.11 bits per heavy atom. The molecule has 19 heavy (non-hydrogen) atoms. The summed E-state index contributed by atoms with van der Waals surface area (Å²) in [6, 6.07) is -0.0705. The van der Waals surface area contributed by atoms with Gasteiger partial charge in [-0.2, -0.15) is 5.10 Å². The maximum atomic E-state index is 11.6. The van der Waals surface area contributed by atoms with Crippen molar-refractivity contribution in [1.82, 2.24) is 9.78 Å². The first-order chi connectivity index (χ1) is 8.96.